The Balaban J connectivity index is 2.17. The van der Waals surface area contributed by atoms with Crippen molar-refractivity contribution in [1.29, 1.82) is 0 Å². The summed E-state index contributed by atoms with van der Waals surface area (Å²) in [4.78, 5) is 4.41. The third-order valence-corrected chi connectivity index (χ3v) is 4.37. The first kappa shape index (κ1) is 12.6. The van der Waals surface area contributed by atoms with E-state index < -0.39 is 5.60 Å². The second-order valence-electron chi connectivity index (χ2n) is 5.98. The highest BCUT2D eigenvalue weighted by atomic mass is 16.3. The van der Waals surface area contributed by atoms with E-state index >= 15 is 0 Å². The third-order valence-electron chi connectivity index (χ3n) is 4.37. The number of aliphatic hydroxyl groups is 1. The summed E-state index contributed by atoms with van der Waals surface area (Å²) in [7, 11) is 0. The van der Waals surface area contributed by atoms with Gasteiger partial charge in [-0.15, -0.1) is 0 Å². The quantitative estimate of drug-likeness (QED) is 0.873. The SMILES string of the molecule is CCCn1ccnc1CC1(O)CCCC1(C)C. The average molecular weight is 236 g/mol. The van der Waals surface area contributed by atoms with Crippen molar-refractivity contribution in [1.82, 2.24) is 9.55 Å². The van der Waals surface area contributed by atoms with Gasteiger partial charge >= 0.3 is 0 Å². The van der Waals surface area contributed by atoms with Crippen LogP contribution >= 0.6 is 0 Å². The minimum Gasteiger partial charge on any atom is -0.389 e. The first-order chi connectivity index (χ1) is 7.98. The summed E-state index contributed by atoms with van der Waals surface area (Å²) >= 11 is 0. The Morgan fingerprint density at radius 2 is 2.18 bits per heavy atom. The molecule has 0 amide bonds. The van der Waals surface area contributed by atoms with Crippen LogP contribution in [0.3, 0.4) is 0 Å². The van der Waals surface area contributed by atoms with Gasteiger partial charge < -0.3 is 9.67 Å². The lowest BCUT2D eigenvalue weighted by molar-refractivity contribution is -0.0440. The fourth-order valence-corrected chi connectivity index (χ4v) is 2.93. The highest BCUT2D eigenvalue weighted by molar-refractivity contribution is 5.06. The highest BCUT2D eigenvalue weighted by Crippen LogP contribution is 2.47. The van der Waals surface area contributed by atoms with E-state index in [1.807, 2.05) is 12.4 Å². The number of hydrogen-bond acceptors (Lipinski definition) is 2. The van der Waals surface area contributed by atoms with Crippen LogP contribution in [0.5, 0.6) is 0 Å². The lowest BCUT2D eigenvalue weighted by Gasteiger charge is -2.36. The molecule has 1 saturated carbocycles. The maximum absolute atomic E-state index is 10.8. The summed E-state index contributed by atoms with van der Waals surface area (Å²) in [5.41, 5.74) is -0.570. The minimum absolute atomic E-state index is 0.00992. The molecule has 1 fully saturated rings. The molecule has 96 valence electrons. The van der Waals surface area contributed by atoms with Crippen LogP contribution in [-0.4, -0.2) is 20.3 Å². The molecule has 3 nitrogen and oxygen atoms in total. The van der Waals surface area contributed by atoms with E-state index in [0.29, 0.717) is 6.42 Å². The molecule has 1 atom stereocenters. The lowest BCUT2D eigenvalue weighted by atomic mass is 9.75. The number of rotatable bonds is 4. The van der Waals surface area contributed by atoms with Crippen LogP contribution in [-0.2, 0) is 13.0 Å². The predicted molar refractivity (Wildman–Crippen MR) is 68.8 cm³/mol. The van der Waals surface area contributed by atoms with Crippen LogP contribution in [0.25, 0.3) is 0 Å². The average Bonchev–Trinajstić information content (AvgIpc) is 2.75. The first-order valence-electron chi connectivity index (χ1n) is 6.71. The Bertz CT molecular complexity index is 383. The zero-order valence-electron chi connectivity index (χ0n) is 11.2. The van der Waals surface area contributed by atoms with E-state index in [-0.39, 0.29) is 5.41 Å². The van der Waals surface area contributed by atoms with Crippen LogP contribution < -0.4 is 0 Å². The zero-order valence-corrected chi connectivity index (χ0v) is 11.2. The van der Waals surface area contributed by atoms with Crippen molar-refractivity contribution in [3.63, 3.8) is 0 Å². The van der Waals surface area contributed by atoms with Gasteiger partial charge in [0, 0.05) is 25.4 Å². The van der Waals surface area contributed by atoms with E-state index in [4.69, 9.17) is 0 Å². The number of nitrogens with zero attached hydrogens (tertiary/aromatic N) is 2. The minimum atomic E-state index is -0.580. The van der Waals surface area contributed by atoms with Crippen molar-refractivity contribution < 1.29 is 5.11 Å². The normalized spacial score (nSPS) is 27.5. The Hall–Kier alpha value is -0.830. The van der Waals surface area contributed by atoms with Gasteiger partial charge in [0.1, 0.15) is 5.82 Å². The maximum Gasteiger partial charge on any atom is 0.111 e. The molecule has 0 saturated heterocycles. The van der Waals surface area contributed by atoms with Gasteiger partial charge in [0.15, 0.2) is 0 Å². The zero-order chi connectivity index (χ0) is 12.5. The smallest absolute Gasteiger partial charge is 0.111 e. The van der Waals surface area contributed by atoms with E-state index in [9.17, 15) is 5.11 Å². The predicted octanol–water partition coefficient (Wildman–Crippen LogP) is 2.78. The molecule has 1 aromatic heterocycles. The number of hydrogen-bond donors (Lipinski definition) is 1. The van der Waals surface area contributed by atoms with Crippen LogP contribution in [0.2, 0.25) is 0 Å². The molecule has 2 rings (SSSR count). The molecule has 17 heavy (non-hydrogen) atoms. The van der Waals surface area contributed by atoms with E-state index in [1.54, 1.807) is 0 Å². The fraction of sp³-hybridized carbons (Fsp3) is 0.786. The van der Waals surface area contributed by atoms with E-state index in [2.05, 4.69) is 30.3 Å². The topological polar surface area (TPSA) is 38.0 Å². The number of aromatic nitrogens is 2. The molecule has 1 aliphatic carbocycles. The standard InChI is InChI=1S/C14H24N2O/c1-4-9-16-10-8-15-12(16)11-14(17)7-5-6-13(14,2)3/h8,10,17H,4-7,9,11H2,1-3H3. The van der Waals surface area contributed by atoms with Crippen molar-refractivity contribution in [2.45, 2.75) is 65.0 Å². The van der Waals surface area contributed by atoms with Gasteiger partial charge in [-0.2, -0.15) is 0 Å². The largest absolute Gasteiger partial charge is 0.389 e. The van der Waals surface area contributed by atoms with Crippen molar-refractivity contribution >= 4 is 0 Å². The van der Waals surface area contributed by atoms with Crippen molar-refractivity contribution in [2.75, 3.05) is 0 Å². The van der Waals surface area contributed by atoms with Crippen LogP contribution in [0.1, 0.15) is 52.3 Å². The van der Waals surface area contributed by atoms with Gasteiger partial charge in [-0.05, 0) is 31.1 Å². The monoisotopic (exact) mass is 236 g/mol. The first-order valence-corrected chi connectivity index (χ1v) is 6.71. The summed E-state index contributed by atoms with van der Waals surface area (Å²) in [5.74, 6) is 1.03. The van der Waals surface area contributed by atoms with Gasteiger partial charge in [0.25, 0.3) is 0 Å². The van der Waals surface area contributed by atoms with E-state index in [1.165, 1.54) is 0 Å². The molecule has 1 unspecified atom stereocenters. The van der Waals surface area contributed by atoms with Crippen LogP contribution in [0.15, 0.2) is 12.4 Å². The second kappa shape index (κ2) is 4.45. The summed E-state index contributed by atoms with van der Waals surface area (Å²) in [5, 5.41) is 10.8. The van der Waals surface area contributed by atoms with Crippen molar-refractivity contribution in [2.24, 2.45) is 5.41 Å². The fourth-order valence-electron chi connectivity index (χ4n) is 2.93. The molecule has 1 aliphatic rings. The number of imidazole rings is 1. The van der Waals surface area contributed by atoms with Crippen LogP contribution in [0.4, 0.5) is 0 Å². The molecule has 0 aliphatic heterocycles. The molecule has 1 N–H and O–H groups in total. The van der Waals surface area contributed by atoms with Gasteiger partial charge in [-0.25, -0.2) is 4.98 Å². The second-order valence-corrected chi connectivity index (χ2v) is 5.98. The third kappa shape index (κ3) is 2.25. The number of aryl methyl sites for hydroxylation is 1. The molecule has 1 heterocycles. The molecule has 0 spiro atoms. The van der Waals surface area contributed by atoms with Crippen molar-refractivity contribution in [3.05, 3.63) is 18.2 Å². The summed E-state index contributed by atoms with van der Waals surface area (Å²) in [6, 6.07) is 0. The molecule has 0 aromatic carbocycles. The molecule has 1 aromatic rings. The Labute approximate surface area is 104 Å². The maximum atomic E-state index is 10.8. The van der Waals surface area contributed by atoms with Gasteiger partial charge in [0.05, 0.1) is 5.60 Å². The molecular formula is C14H24N2O. The lowest BCUT2D eigenvalue weighted by Crippen LogP contribution is -2.42. The molecular weight excluding hydrogens is 212 g/mol. The van der Waals surface area contributed by atoms with Crippen molar-refractivity contribution in [3.8, 4) is 0 Å². The highest BCUT2D eigenvalue weighted by Gasteiger charge is 2.47. The Morgan fingerprint density at radius 1 is 1.41 bits per heavy atom. The molecule has 0 bridgehead atoms. The Morgan fingerprint density at radius 3 is 2.76 bits per heavy atom. The van der Waals surface area contributed by atoms with Gasteiger partial charge in [-0.3, -0.25) is 0 Å². The summed E-state index contributed by atoms with van der Waals surface area (Å²) < 4.78 is 2.17. The van der Waals surface area contributed by atoms with Crippen LogP contribution in [0, 0.1) is 5.41 Å². The van der Waals surface area contributed by atoms with Gasteiger partial charge in [-0.1, -0.05) is 20.8 Å². The molecule has 3 heteroatoms. The van der Waals surface area contributed by atoms with E-state index in [0.717, 1.165) is 38.1 Å². The summed E-state index contributed by atoms with van der Waals surface area (Å²) in [6.07, 6.45) is 8.79. The molecule has 0 radical (unpaired) electrons. The van der Waals surface area contributed by atoms with Gasteiger partial charge in [0.2, 0.25) is 0 Å². The Kier molecular flexibility index (Phi) is 3.30. The summed E-state index contributed by atoms with van der Waals surface area (Å²) in [6.45, 7) is 7.50.